The second-order valence-electron chi connectivity index (χ2n) is 5.05. The molecule has 0 fully saturated rings. The Morgan fingerprint density at radius 2 is 1.85 bits per heavy atom. The zero-order valence-electron chi connectivity index (χ0n) is 12.0. The maximum atomic E-state index is 14.3. The van der Waals surface area contributed by atoms with Crippen LogP contribution in [0.15, 0.2) is 48.5 Å². The van der Waals surface area contributed by atoms with Crippen LogP contribution in [0.25, 0.3) is 0 Å². The van der Waals surface area contributed by atoms with Crippen LogP contribution >= 0.6 is 0 Å². The topological polar surface area (TPSA) is 29.3 Å². The SMILES string of the molecule is CCN(c1ccccc1)c1ccc(CC(C)N)cc1F. The van der Waals surface area contributed by atoms with Gasteiger partial charge in [-0.2, -0.15) is 0 Å². The highest BCUT2D eigenvalue weighted by Gasteiger charge is 2.12. The number of hydrogen-bond acceptors (Lipinski definition) is 2. The average molecular weight is 272 g/mol. The smallest absolute Gasteiger partial charge is 0.147 e. The lowest BCUT2D eigenvalue weighted by atomic mass is 10.1. The van der Waals surface area contributed by atoms with Crippen LogP contribution < -0.4 is 10.6 Å². The van der Waals surface area contributed by atoms with Crippen LogP contribution in [-0.2, 0) is 6.42 Å². The molecule has 0 bridgehead atoms. The molecule has 2 nitrogen and oxygen atoms in total. The molecule has 0 radical (unpaired) electrons. The molecule has 0 saturated heterocycles. The van der Waals surface area contributed by atoms with Crippen molar-refractivity contribution in [2.45, 2.75) is 26.3 Å². The molecule has 0 saturated carbocycles. The Balaban J connectivity index is 2.31. The van der Waals surface area contributed by atoms with Crippen molar-refractivity contribution in [3.05, 3.63) is 59.9 Å². The van der Waals surface area contributed by atoms with E-state index in [0.717, 1.165) is 11.3 Å². The third kappa shape index (κ3) is 3.36. The van der Waals surface area contributed by atoms with Crippen molar-refractivity contribution >= 4 is 11.4 Å². The third-order valence-electron chi connectivity index (χ3n) is 3.24. The molecule has 106 valence electrons. The van der Waals surface area contributed by atoms with Gasteiger partial charge in [-0.3, -0.25) is 0 Å². The van der Waals surface area contributed by atoms with E-state index in [2.05, 4.69) is 0 Å². The lowest BCUT2D eigenvalue weighted by molar-refractivity contribution is 0.620. The lowest BCUT2D eigenvalue weighted by Crippen LogP contribution is -2.19. The molecular formula is C17H21FN2. The Morgan fingerprint density at radius 3 is 2.40 bits per heavy atom. The van der Waals surface area contributed by atoms with E-state index in [9.17, 15) is 4.39 Å². The van der Waals surface area contributed by atoms with Crippen molar-refractivity contribution in [1.29, 1.82) is 0 Å². The quantitative estimate of drug-likeness (QED) is 0.895. The number of nitrogens with zero attached hydrogens (tertiary/aromatic N) is 1. The van der Waals surface area contributed by atoms with Gasteiger partial charge in [-0.15, -0.1) is 0 Å². The fraction of sp³-hybridized carbons (Fsp3) is 0.294. The van der Waals surface area contributed by atoms with Crippen LogP contribution in [0.1, 0.15) is 19.4 Å². The summed E-state index contributed by atoms with van der Waals surface area (Å²) in [5.41, 5.74) is 8.29. The van der Waals surface area contributed by atoms with Crippen molar-refractivity contribution in [1.82, 2.24) is 0 Å². The molecule has 2 aromatic carbocycles. The fourth-order valence-electron chi connectivity index (χ4n) is 2.37. The van der Waals surface area contributed by atoms with Crippen LogP contribution in [0.4, 0.5) is 15.8 Å². The molecule has 0 aliphatic heterocycles. The fourth-order valence-corrected chi connectivity index (χ4v) is 2.37. The minimum atomic E-state index is -0.200. The Kier molecular flexibility index (Phi) is 4.74. The number of benzene rings is 2. The predicted octanol–water partition coefficient (Wildman–Crippen LogP) is 3.87. The van der Waals surface area contributed by atoms with E-state index in [1.54, 1.807) is 6.07 Å². The third-order valence-corrected chi connectivity index (χ3v) is 3.24. The first-order valence-corrected chi connectivity index (χ1v) is 6.98. The summed E-state index contributed by atoms with van der Waals surface area (Å²) in [4.78, 5) is 1.96. The summed E-state index contributed by atoms with van der Waals surface area (Å²) in [7, 11) is 0. The van der Waals surface area contributed by atoms with Crippen LogP contribution in [0.2, 0.25) is 0 Å². The van der Waals surface area contributed by atoms with E-state index in [1.807, 2.05) is 61.2 Å². The van der Waals surface area contributed by atoms with Crippen LogP contribution in [0.5, 0.6) is 0 Å². The molecule has 0 aliphatic rings. The largest absolute Gasteiger partial charge is 0.339 e. The Labute approximate surface area is 120 Å². The Hall–Kier alpha value is -1.87. The van der Waals surface area contributed by atoms with Crippen molar-refractivity contribution in [2.24, 2.45) is 5.73 Å². The first-order valence-electron chi connectivity index (χ1n) is 6.98. The van der Waals surface area contributed by atoms with Gasteiger partial charge >= 0.3 is 0 Å². The van der Waals surface area contributed by atoms with Gasteiger partial charge in [-0.1, -0.05) is 24.3 Å². The second-order valence-corrected chi connectivity index (χ2v) is 5.05. The van der Waals surface area contributed by atoms with Gasteiger partial charge in [-0.25, -0.2) is 4.39 Å². The summed E-state index contributed by atoms with van der Waals surface area (Å²) in [6.45, 7) is 4.66. The lowest BCUT2D eigenvalue weighted by Gasteiger charge is -2.24. The monoisotopic (exact) mass is 272 g/mol. The van der Waals surface area contributed by atoms with Crippen molar-refractivity contribution < 1.29 is 4.39 Å². The molecule has 1 unspecified atom stereocenters. The molecule has 20 heavy (non-hydrogen) atoms. The van der Waals surface area contributed by atoms with Crippen LogP contribution in [0, 0.1) is 5.82 Å². The van der Waals surface area contributed by atoms with Crippen molar-refractivity contribution in [3.63, 3.8) is 0 Å². The Morgan fingerprint density at radius 1 is 1.15 bits per heavy atom. The zero-order chi connectivity index (χ0) is 14.5. The van der Waals surface area contributed by atoms with Gasteiger partial charge in [0.05, 0.1) is 5.69 Å². The molecule has 2 rings (SSSR count). The molecule has 0 amide bonds. The van der Waals surface area contributed by atoms with E-state index in [0.29, 0.717) is 18.7 Å². The molecule has 0 aliphatic carbocycles. The number of nitrogens with two attached hydrogens (primary N) is 1. The average Bonchev–Trinajstić information content (AvgIpc) is 2.42. The molecule has 1 atom stereocenters. The summed E-state index contributed by atoms with van der Waals surface area (Å²) in [5.74, 6) is -0.200. The maximum Gasteiger partial charge on any atom is 0.147 e. The van der Waals surface area contributed by atoms with Gasteiger partial charge in [0, 0.05) is 18.3 Å². The van der Waals surface area contributed by atoms with Crippen LogP contribution in [-0.4, -0.2) is 12.6 Å². The predicted molar refractivity (Wildman–Crippen MR) is 82.9 cm³/mol. The van der Waals surface area contributed by atoms with E-state index in [-0.39, 0.29) is 11.9 Å². The highest BCUT2D eigenvalue weighted by Crippen LogP contribution is 2.28. The number of halogens is 1. The standard InChI is InChI=1S/C17H21FN2/c1-3-20(15-7-5-4-6-8-15)17-10-9-14(11-13(2)19)12-16(17)18/h4-10,12-13H,3,11,19H2,1-2H3. The normalized spacial score (nSPS) is 12.2. The molecule has 0 aromatic heterocycles. The number of hydrogen-bond donors (Lipinski definition) is 1. The summed E-state index contributed by atoms with van der Waals surface area (Å²) >= 11 is 0. The van der Waals surface area contributed by atoms with Crippen molar-refractivity contribution in [2.75, 3.05) is 11.4 Å². The minimum absolute atomic E-state index is 0.0386. The highest BCUT2D eigenvalue weighted by molar-refractivity contribution is 5.63. The van der Waals surface area contributed by atoms with Crippen molar-refractivity contribution in [3.8, 4) is 0 Å². The molecular weight excluding hydrogens is 251 g/mol. The minimum Gasteiger partial charge on any atom is -0.339 e. The van der Waals surface area contributed by atoms with E-state index < -0.39 is 0 Å². The molecule has 2 N–H and O–H groups in total. The van der Waals surface area contributed by atoms with Gasteiger partial charge in [0.2, 0.25) is 0 Å². The van der Waals surface area contributed by atoms with Gasteiger partial charge in [-0.05, 0) is 50.1 Å². The number of anilines is 2. The summed E-state index contributed by atoms with van der Waals surface area (Å²) < 4.78 is 14.3. The first-order chi connectivity index (χ1) is 9.61. The van der Waals surface area contributed by atoms with E-state index in [4.69, 9.17) is 5.73 Å². The maximum absolute atomic E-state index is 14.3. The Bertz CT molecular complexity index is 552. The highest BCUT2D eigenvalue weighted by atomic mass is 19.1. The molecule has 0 spiro atoms. The van der Waals surface area contributed by atoms with E-state index >= 15 is 0 Å². The summed E-state index contributed by atoms with van der Waals surface area (Å²) in [6.07, 6.45) is 0.689. The number of para-hydroxylation sites is 1. The zero-order valence-corrected chi connectivity index (χ0v) is 12.0. The van der Waals surface area contributed by atoms with Crippen LogP contribution in [0.3, 0.4) is 0 Å². The first kappa shape index (κ1) is 14.5. The second kappa shape index (κ2) is 6.53. The van der Waals surface area contributed by atoms with Gasteiger partial charge in [0.15, 0.2) is 0 Å². The molecule has 2 aromatic rings. The summed E-state index contributed by atoms with van der Waals surface area (Å²) in [5, 5.41) is 0. The van der Waals surface area contributed by atoms with Gasteiger partial charge in [0.25, 0.3) is 0 Å². The van der Waals surface area contributed by atoms with Gasteiger partial charge < -0.3 is 10.6 Å². The van der Waals surface area contributed by atoms with Gasteiger partial charge in [0.1, 0.15) is 5.82 Å². The number of rotatable bonds is 5. The van der Waals surface area contributed by atoms with E-state index in [1.165, 1.54) is 0 Å². The molecule has 3 heteroatoms. The summed E-state index contributed by atoms with van der Waals surface area (Å²) in [6, 6.07) is 15.3. The molecule has 0 heterocycles.